The van der Waals surface area contributed by atoms with Crippen LogP contribution < -0.4 is 16.7 Å². The second kappa shape index (κ2) is 8.53. The average Bonchev–Trinajstić information content (AvgIpc) is 2.43. The van der Waals surface area contributed by atoms with Crippen LogP contribution in [0.2, 0.25) is 0 Å². The lowest BCUT2D eigenvalue weighted by Gasteiger charge is -2.38. The van der Waals surface area contributed by atoms with E-state index in [1.807, 2.05) is 20.8 Å². The normalized spacial score (nSPS) is 23.1. The summed E-state index contributed by atoms with van der Waals surface area (Å²) in [5.41, 5.74) is 4.31. The van der Waals surface area contributed by atoms with Crippen molar-refractivity contribution in [1.29, 1.82) is 0 Å². The maximum atomic E-state index is 11.5. The van der Waals surface area contributed by atoms with E-state index in [1.165, 1.54) is 0 Å². The lowest BCUT2D eigenvalue weighted by molar-refractivity contribution is -0.274. The van der Waals surface area contributed by atoms with Crippen LogP contribution in [0, 0.1) is 5.92 Å². The van der Waals surface area contributed by atoms with Gasteiger partial charge >= 0.3 is 6.03 Å². The molecule has 0 bridgehead atoms. The first kappa shape index (κ1) is 18.2. The van der Waals surface area contributed by atoms with Crippen LogP contribution in [0.25, 0.3) is 0 Å². The number of carbonyl (C=O) groups excluding carboxylic acids is 1. The van der Waals surface area contributed by atoms with E-state index in [-0.39, 0.29) is 12.6 Å². The summed E-state index contributed by atoms with van der Waals surface area (Å²) in [4.78, 5) is 17.3. The molecule has 1 rings (SSSR count). The molecule has 2 amide bonds. The Morgan fingerprint density at radius 1 is 1.33 bits per heavy atom. The van der Waals surface area contributed by atoms with Gasteiger partial charge in [-0.2, -0.15) is 0 Å². The molecule has 0 aromatic rings. The molecule has 21 heavy (non-hydrogen) atoms. The number of amides is 2. The predicted octanol–water partition coefficient (Wildman–Crippen LogP) is 1.44. The number of hydroxylamine groups is 1. The number of rotatable bonds is 6. The molecule has 124 valence electrons. The summed E-state index contributed by atoms with van der Waals surface area (Å²) in [5.74, 6) is 5.78. The molecule has 0 radical (unpaired) electrons. The average molecular weight is 302 g/mol. The van der Waals surface area contributed by atoms with Crippen LogP contribution in [0.3, 0.4) is 0 Å². The van der Waals surface area contributed by atoms with Crippen molar-refractivity contribution in [2.45, 2.75) is 70.9 Å². The lowest BCUT2D eigenvalue weighted by Crippen LogP contribution is -2.56. The maximum absolute atomic E-state index is 11.5. The molecule has 0 spiro atoms. The highest BCUT2D eigenvalue weighted by molar-refractivity contribution is 5.72. The van der Waals surface area contributed by atoms with Crippen LogP contribution in [0.1, 0.15) is 59.3 Å². The van der Waals surface area contributed by atoms with E-state index in [4.69, 9.17) is 15.8 Å². The van der Waals surface area contributed by atoms with Crippen LogP contribution in [-0.2, 0) is 4.84 Å². The second-order valence-corrected chi connectivity index (χ2v) is 6.66. The Balaban J connectivity index is 2.53. The zero-order chi connectivity index (χ0) is 15.9. The molecule has 0 unspecified atom stereocenters. The molecule has 1 fully saturated rings. The molecular formula is C14H30N4O3. The van der Waals surface area contributed by atoms with Crippen molar-refractivity contribution in [1.82, 2.24) is 16.0 Å². The Labute approximate surface area is 127 Å². The summed E-state index contributed by atoms with van der Waals surface area (Å²) in [7, 11) is 0. The maximum Gasteiger partial charge on any atom is 0.345 e. The first-order valence-corrected chi connectivity index (χ1v) is 7.72. The highest BCUT2D eigenvalue weighted by atomic mass is 16.7. The molecular weight excluding hydrogens is 272 g/mol. The van der Waals surface area contributed by atoms with Gasteiger partial charge in [-0.15, -0.1) is 0 Å². The molecule has 1 saturated carbocycles. The van der Waals surface area contributed by atoms with E-state index >= 15 is 0 Å². The van der Waals surface area contributed by atoms with Crippen molar-refractivity contribution in [3.63, 3.8) is 0 Å². The summed E-state index contributed by atoms with van der Waals surface area (Å²) in [5, 5.41) is 10.4. The number of nitrogens with two attached hydrogens (primary N) is 1. The molecule has 1 aliphatic rings. The SMILES string of the molecule is CC(C)(C)ON(NC(=O)NN)C1CCC(CCCO)CC1. The molecule has 0 aromatic heterocycles. The monoisotopic (exact) mass is 302 g/mol. The van der Waals surface area contributed by atoms with Crippen LogP contribution in [0.15, 0.2) is 0 Å². The number of urea groups is 1. The van der Waals surface area contributed by atoms with E-state index in [9.17, 15) is 4.79 Å². The fraction of sp³-hybridized carbons (Fsp3) is 0.929. The van der Waals surface area contributed by atoms with Crippen molar-refractivity contribution in [3.05, 3.63) is 0 Å². The number of aliphatic hydroxyl groups excluding tert-OH is 1. The standard InChI is InChI=1S/C14H30N4O3/c1-14(2,3)21-18(17-13(20)16-15)12-8-6-11(7-9-12)5-4-10-19/h11-12,19H,4-10,15H2,1-3H3,(H2,16,17,20). The van der Waals surface area contributed by atoms with Crippen LogP contribution in [0.4, 0.5) is 4.79 Å². The van der Waals surface area contributed by atoms with E-state index in [0.717, 1.165) is 38.5 Å². The van der Waals surface area contributed by atoms with E-state index in [0.29, 0.717) is 5.92 Å². The van der Waals surface area contributed by atoms with Gasteiger partial charge in [0.1, 0.15) is 0 Å². The summed E-state index contributed by atoms with van der Waals surface area (Å²) in [6.07, 6.45) is 6.01. The van der Waals surface area contributed by atoms with E-state index in [1.54, 1.807) is 5.17 Å². The Bertz CT molecular complexity index is 312. The largest absolute Gasteiger partial charge is 0.396 e. The Kier molecular flexibility index (Phi) is 7.37. The second-order valence-electron chi connectivity index (χ2n) is 6.66. The third-order valence-corrected chi connectivity index (χ3v) is 3.63. The summed E-state index contributed by atoms with van der Waals surface area (Å²) in [6.45, 7) is 6.08. The van der Waals surface area contributed by atoms with Crippen molar-refractivity contribution in [2.24, 2.45) is 11.8 Å². The highest BCUT2D eigenvalue weighted by Gasteiger charge is 2.30. The molecule has 5 N–H and O–H groups in total. The van der Waals surface area contributed by atoms with E-state index < -0.39 is 11.6 Å². The van der Waals surface area contributed by atoms with Gasteiger partial charge in [-0.05, 0) is 65.2 Å². The van der Waals surface area contributed by atoms with Gasteiger partial charge < -0.3 is 5.11 Å². The minimum absolute atomic E-state index is 0.145. The van der Waals surface area contributed by atoms with Gasteiger partial charge in [-0.25, -0.2) is 16.1 Å². The number of aliphatic hydroxyl groups is 1. The fourth-order valence-electron chi connectivity index (χ4n) is 2.66. The first-order valence-electron chi connectivity index (χ1n) is 7.72. The molecule has 0 aliphatic heterocycles. The highest BCUT2D eigenvalue weighted by Crippen LogP contribution is 2.30. The van der Waals surface area contributed by atoms with Crippen LogP contribution in [0.5, 0.6) is 0 Å². The Hall–Kier alpha value is -0.890. The van der Waals surface area contributed by atoms with Crippen molar-refractivity contribution >= 4 is 6.03 Å². The zero-order valence-electron chi connectivity index (χ0n) is 13.4. The van der Waals surface area contributed by atoms with Gasteiger partial charge in [0.2, 0.25) is 0 Å². The third-order valence-electron chi connectivity index (χ3n) is 3.63. The molecule has 0 heterocycles. The molecule has 0 saturated heterocycles. The summed E-state index contributed by atoms with van der Waals surface area (Å²) in [6, 6.07) is -0.339. The number of carbonyl (C=O) groups is 1. The minimum Gasteiger partial charge on any atom is -0.396 e. The first-order chi connectivity index (χ1) is 9.85. The van der Waals surface area contributed by atoms with Gasteiger partial charge in [0.25, 0.3) is 0 Å². The summed E-state index contributed by atoms with van der Waals surface area (Å²) >= 11 is 0. The molecule has 7 heteroatoms. The number of hydrogen-bond donors (Lipinski definition) is 4. The number of nitrogens with zero attached hydrogens (tertiary/aromatic N) is 1. The van der Waals surface area contributed by atoms with Gasteiger partial charge in [-0.1, -0.05) is 5.17 Å². The Morgan fingerprint density at radius 3 is 2.43 bits per heavy atom. The van der Waals surface area contributed by atoms with Gasteiger partial charge in [0, 0.05) is 6.61 Å². The Morgan fingerprint density at radius 2 is 1.95 bits per heavy atom. The quantitative estimate of drug-likeness (QED) is 0.338. The van der Waals surface area contributed by atoms with Gasteiger partial charge in [-0.3, -0.25) is 10.3 Å². The predicted molar refractivity (Wildman–Crippen MR) is 80.6 cm³/mol. The smallest absolute Gasteiger partial charge is 0.345 e. The molecule has 7 nitrogen and oxygen atoms in total. The molecule has 0 aromatic carbocycles. The number of hydrogen-bond acceptors (Lipinski definition) is 5. The topological polar surface area (TPSA) is 99.9 Å². The fourth-order valence-corrected chi connectivity index (χ4v) is 2.66. The van der Waals surface area contributed by atoms with Crippen molar-refractivity contribution < 1.29 is 14.7 Å². The molecule has 0 atom stereocenters. The van der Waals surface area contributed by atoms with Crippen molar-refractivity contribution in [2.75, 3.05) is 6.61 Å². The molecule has 1 aliphatic carbocycles. The lowest BCUT2D eigenvalue weighted by atomic mass is 9.83. The third kappa shape index (κ3) is 7.08. The van der Waals surface area contributed by atoms with Crippen molar-refractivity contribution in [3.8, 4) is 0 Å². The number of hydrazine groups is 2. The van der Waals surface area contributed by atoms with E-state index in [2.05, 4.69) is 10.9 Å². The van der Waals surface area contributed by atoms with Crippen LogP contribution in [-0.4, -0.2) is 34.6 Å². The number of nitrogens with one attached hydrogen (secondary N) is 2. The van der Waals surface area contributed by atoms with Gasteiger partial charge in [0.15, 0.2) is 0 Å². The minimum atomic E-state index is -0.485. The summed E-state index contributed by atoms with van der Waals surface area (Å²) < 4.78 is 0. The zero-order valence-corrected chi connectivity index (χ0v) is 13.4. The van der Waals surface area contributed by atoms with Gasteiger partial charge in [0.05, 0.1) is 11.6 Å². The van der Waals surface area contributed by atoms with Crippen LogP contribution >= 0.6 is 0 Å².